The molecule has 1 aromatic heterocycles. The smallest absolute Gasteiger partial charge is 0.0983 e. The molecule has 0 saturated carbocycles. The van der Waals surface area contributed by atoms with Crippen LogP contribution in [0.4, 0.5) is 0 Å². The average Bonchev–Trinajstić information content (AvgIpc) is 2.74. The van der Waals surface area contributed by atoms with E-state index in [1.807, 2.05) is 30.5 Å². The van der Waals surface area contributed by atoms with Gasteiger partial charge >= 0.3 is 0 Å². The van der Waals surface area contributed by atoms with Gasteiger partial charge in [-0.25, -0.2) is 0 Å². The number of rotatable bonds is 4. The molecule has 1 radical (unpaired) electrons. The van der Waals surface area contributed by atoms with Crippen molar-refractivity contribution in [1.82, 2.24) is 0 Å². The Hall–Kier alpha value is -1.21. The van der Waals surface area contributed by atoms with Gasteiger partial charge in [0.1, 0.15) is 0 Å². The third kappa shape index (κ3) is 2.48. The fraction of sp³-hybridized carbons (Fsp3) is 0.214. The highest BCUT2D eigenvalue weighted by Gasteiger charge is 2.07. The van der Waals surface area contributed by atoms with Crippen molar-refractivity contribution in [2.75, 3.05) is 0 Å². The molecule has 83 valence electrons. The normalized spacial score (nSPS) is 10.6. The van der Waals surface area contributed by atoms with E-state index in [4.69, 9.17) is 16.0 Å². The van der Waals surface area contributed by atoms with Gasteiger partial charge < -0.3 is 4.42 Å². The lowest BCUT2D eigenvalue weighted by Crippen LogP contribution is -1.85. The van der Waals surface area contributed by atoms with E-state index in [9.17, 15) is 0 Å². The maximum Gasteiger partial charge on any atom is 0.0983 e. The summed E-state index contributed by atoms with van der Waals surface area (Å²) in [6.45, 7) is 3.85. The molecule has 0 aliphatic carbocycles. The van der Waals surface area contributed by atoms with Crippen LogP contribution in [-0.4, -0.2) is 0 Å². The van der Waals surface area contributed by atoms with Crippen molar-refractivity contribution < 1.29 is 4.42 Å². The second kappa shape index (κ2) is 5.22. The topological polar surface area (TPSA) is 13.1 Å². The third-order valence-corrected chi connectivity index (χ3v) is 2.81. The van der Waals surface area contributed by atoms with Crippen molar-refractivity contribution in [1.29, 1.82) is 0 Å². The van der Waals surface area contributed by atoms with Crippen LogP contribution in [0.1, 0.15) is 18.4 Å². The molecule has 0 saturated heterocycles. The molecule has 0 N–H and O–H groups in total. The van der Waals surface area contributed by atoms with Gasteiger partial charge in [0.2, 0.25) is 0 Å². The van der Waals surface area contributed by atoms with Gasteiger partial charge in [-0.3, -0.25) is 0 Å². The molecule has 2 aromatic rings. The molecule has 0 spiro atoms. The predicted molar refractivity (Wildman–Crippen MR) is 67.4 cm³/mol. The first-order valence-corrected chi connectivity index (χ1v) is 5.79. The summed E-state index contributed by atoms with van der Waals surface area (Å²) < 4.78 is 5.27. The Bertz CT molecular complexity index is 459. The van der Waals surface area contributed by atoms with Crippen LogP contribution in [0.2, 0.25) is 5.02 Å². The summed E-state index contributed by atoms with van der Waals surface area (Å²) in [7, 11) is 0. The number of hydrogen-bond donors (Lipinski definition) is 0. The standard InChI is InChI=1S/C14H14ClO/c1-2-3-5-12-9-16-10-14(12)11-6-4-7-13(15)8-11/h4,6-10H,1-3,5H2. The number of furan rings is 1. The molecule has 0 fully saturated rings. The fourth-order valence-electron chi connectivity index (χ4n) is 1.74. The van der Waals surface area contributed by atoms with Crippen molar-refractivity contribution in [2.24, 2.45) is 0 Å². The second-order valence-corrected chi connectivity index (χ2v) is 4.21. The van der Waals surface area contributed by atoms with E-state index in [0.29, 0.717) is 0 Å². The molecular formula is C14H14ClO. The van der Waals surface area contributed by atoms with Crippen LogP contribution in [0.25, 0.3) is 11.1 Å². The van der Waals surface area contributed by atoms with E-state index in [1.165, 1.54) is 5.56 Å². The SMILES string of the molecule is [CH2]CCCc1cocc1-c1cccc(Cl)c1. The molecule has 2 heteroatoms. The number of aryl methyl sites for hydroxylation is 1. The van der Waals surface area contributed by atoms with Crippen LogP contribution in [0.5, 0.6) is 0 Å². The first-order valence-electron chi connectivity index (χ1n) is 5.41. The summed E-state index contributed by atoms with van der Waals surface area (Å²) in [6, 6.07) is 7.83. The van der Waals surface area contributed by atoms with Crippen LogP contribution in [0.3, 0.4) is 0 Å². The second-order valence-electron chi connectivity index (χ2n) is 3.78. The Morgan fingerprint density at radius 3 is 2.88 bits per heavy atom. The van der Waals surface area contributed by atoms with Crippen molar-refractivity contribution in [3.63, 3.8) is 0 Å². The van der Waals surface area contributed by atoms with Crippen molar-refractivity contribution in [3.05, 3.63) is 54.3 Å². The molecule has 0 aliphatic heterocycles. The van der Waals surface area contributed by atoms with Gasteiger partial charge in [0.25, 0.3) is 0 Å². The molecule has 1 aromatic carbocycles. The molecule has 0 aliphatic rings. The molecular weight excluding hydrogens is 220 g/mol. The van der Waals surface area contributed by atoms with Crippen LogP contribution in [0.15, 0.2) is 41.2 Å². The Morgan fingerprint density at radius 1 is 1.25 bits per heavy atom. The lowest BCUT2D eigenvalue weighted by atomic mass is 10.0. The Kier molecular flexibility index (Phi) is 3.68. The van der Waals surface area contributed by atoms with Crippen LogP contribution < -0.4 is 0 Å². The average molecular weight is 234 g/mol. The largest absolute Gasteiger partial charge is 0.472 e. The monoisotopic (exact) mass is 233 g/mol. The van der Waals surface area contributed by atoms with Gasteiger partial charge in [-0.05, 0) is 36.1 Å². The number of halogens is 1. The zero-order valence-corrected chi connectivity index (χ0v) is 9.83. The minimum absolute atomic E-state index is 0.752. The summed E-state index contributed by atoms with van der Waals surface area (Å²) in [4.78, 5) is 0. The van der Waals surface area contributed by atoms with Gasteiger partial charge in [0, 0.05) is 10.6 Å². The maximum atomic E-state index is 5.98. The van der Waals surface area contributed by atoms with E-state index in [2.05, 4.69) is 6.92 Å². The number of unbranched alkanes of at least 4 members (excludes halogenated alkanes) is 1. The highest BCUT2D eigenvalue weighted by molar-refractivity contribution is 6.30. The molecule has 16 heavy (non-hydrogen) atoms. The van der Waals surface area contributed by atoms with Crippen molar-refractivity contribution in [2.45, 2.75) is 19.3 Å². The summed E-state index contributed by atoms with van der Waals surface area (Å²) in [5.41, 5.74) is 3.47. The lowest BCUT2D eigenvalue weighted by molar-refractivity contribution is 0.563. The molecule has 0 unspecified atom stereocenters. The number of hydrogen-bond acceptors (Lipinski definition) is 1. The molecule has 2 rings (SSSR count). The summed E-state index contributed by atoms with van der Waals surface area (Å²) in [5, 5.41) is 0.752. The van der Waals surface area contributed by atoms with E-state index in [0.717, 1.165) is 35.4 Å². The summed E-state index contributed by atoms with van der Waals surface area (Å²) in [5.74, 6) is 0. The van der Waals surface area contributed by atoms with Gasteiger partial charge in [-0.1, -0.05) is 37.1 Å². The van der Waals surface area contributed by atoms with Gasteiger partial charge in [-0.15, -0.1) is 0 Å². The molecule has 0 amide bonds. The fourth-order valence-corrected chi connectivity index (χ4v) is 1.93. The van der Waals surface area contributed by atoms with Gasteiger partial charge in [0.15, 0.2) is 0 Å². The van der Waals surface area contributed by atoms with Gasteiger partial charge in [0.05, 0.1) is 12.5 Å². The molecule has 1 nitrogen and oxygen atoms in total. The number of benzene rings is 1. The zero-order valence-electron chi connectivity index (χ0n) is 9.08. The molecule has 1 heterocycles. The summed E-state index contributed by atoms with van der Waals surface area (Å²) >= 11 is 5.98. The van der Waals surface area contributed by atoms with E-state index in [-0.39, 0.29) is 0 Å². The third-order valence-electron chi connectivity index (χ3n) is 2.57. The first-order chi connectivity index (χ1) is 7.81. The van der Waals surface area contributed by atoms with Crippen molar-refractivity contribution in [3.8, 4) is 11.1 Å². The van der Waals surface area contributed by atoms with Crippen LogP contribution >= 0.6 is 11.6 Å². The van der Waals surface area contributed by atoms with Crippen molar-refractivity contribution >= 4 is 11.6 Å². The summed E-state index contributed by atoms with van der Waals surface area (Å²) in [6.07, 6.45) is 6.62. The maximum absolute atomic E-state index is 5.98. The zero-order chi connectivity index (χ0) is 11.4. The molecule has 0 bridgehead atoms. The minimum atomic E-state index is 0.752. The highest BCUT2D eigenvalue weighted by atomic mass is 35.5. The Morgan fingerprint density at radius 2 is 2.12 bits per heavy atom. The van der Waals surface area contributed by atoms with E-state index < -0.39 is 0 Å². The molecule has 0 atom stereocenters. The van der Waals surface area contributed by atoms with Crippen LogP contribution in [-0.2, 0) is 6.42 Å². The predicted octanol–water partition coefficient (Wildman–Crippen LogP) is 4.76. The van der Waals surface area contributed by atoms with Gasteiger partial charge in [-0.2, -0.15) is 0 Å². The Balaban J connectivity index is 2.29. The van der Waals surface area contributed by atoms with E-state index in [1.54, 1.807) is 6.26 Å². The quantitative estimate of drug-likeness (QED) is 0.742. The lowest BCUT2D eigenvalue weighted by Gasteiger charge is -2.02. The van der Waals surface area contributed by atoms with E-state index >= 15 is 0 Å². The highest BCUT2D eigenvalue weighted by Crippen LogP contribution is 2.28. The Labute approximate surface area is 101 Å². The minimum Gasteiger partial charge on any atom is -0.472 e. The first kappa shape index (κ1) is 11.3. The van der Waals surface area contributed by atoms with Crippen LogP contribution in [0, 0.1) is 6.92 Å².